The van der Waals surface area contributed by atoms with Gasteiger partial charge in [0.05, 0.1) is 35.4 Å². The van der Waals surface area contributed by atoms with E-state index in [2.05, 4.69) is 10.4 Å². The number of nitrogens with zero attached hydrogens (tertiary/aromatic N) is 3. The molecule has 1 atom stereocenters. The van der Waals surface area contributed by atoms with Gasteiger partial charge in [0, 0.05) is 31.9 Å². The smallest absolute Gasteiger partial charge is 0.330 e. The Morgan fingerprint density at radius 2 is 1.80 bits per heavy atom. The van der Waals surface area contributed by atoms with E-state index in [1.807, 2.05) is 24.3 Å². The third-order valence-electron chi connectivity index (χ3n) is 8.01. The fourth-order valence-electron chi connectivity index (χ4n) is 5.75. The molecule has 0 radical (unpaired) electrons. The first kappa shape index (κ1) is 29.2. The van der Waals surface area contributed by atoms with Crippen LogP contribution in [0.25, 0.3) is 10.9 Å². The number of amides is 1. The summed E-state index contributed by atoms with van der Waals surface area (Å²) in [7, 11) is 3.13. The molecule has 218 valence electrons. The highest BCUT2D eigenvalue weighted by Gasteiger charge is 2.48. The van der Waals surface area contributed by atoms with Crippen molar-refractivity contribution in [1.82, 2.24) is 14.7 Å². The van der Waals surface area contributed by atoms with E-state index in [1.54, 1.807) is 29.9 Å². The van der Waals surface area contributed by atoms with Gasteiger partial charge in [-0.25, -0.2) is 4.90 Å². The largest absolute Gasteiger partial charge is 0.469 e. The lowest BCUT2D eigenvalue weighted by molar-refractivity contribution is -0.252. The number of anilines is 1. The summed E-state index contributed by atoms with van der Waals surface area (Å²) in [4.78, 5) is 39.8. The van der Waals surface area contributed by atoms with Crippen LogP contribution < -0.4 is 5.32 Å². The Labute approximate surface area is 242 Å². The first-order chi connectivity index (χ1) is 19.7. The maximum Gasteiger partial charge on any atom is 0.330 e. The molecule has 2 heterocycles. The van der Waals surface area contributed by atoms with Crippen LogP contribution in [-0.2, 0) is 32.5 Å². The molecule has 1 aromatic heterocycles. The summed E-state index contributed by atoms with van der Waals surface area (Å²) < 4.78 is 28.9. The number of fused-ring (bicyclic) bond motifs is 1. The molecule has 1 aliphatic heterocycles. The average Bonchev–Trinajstić information content (AvgIpc) is 3.64. The molecule has 2 fully saturated rings. The molecule has 2 aromatic carbocycles. The molecule has 1 unspecified atom stereocenters. The van der Waals surface area contributed by atoms with Crippen molar-refractivity contribution in [2.24, 2.45) is 13.0 Å². The van der Waals surface area contributed by atoms with Gasteiger partial charge in [0.15, 0.2) is 5.69 Å². The molecule has 11 heteroatoms. The Morgan fingerprint density at radius 1 is 1.10 bits per heavy atom. The van der Waals surface area contributed by atoms with E-state index in [0.29, 0.717) is 55.4 Å². The number of likely N-dealkylation sites (tertiary alicyclic amines) is 1. The number of carbonyl (C=O) groups excluding carboxylic acids is 3. The molecule has 0 spiro atoms. The number of methoxy groups -OCH3 is 1. The summed E-state index contributed by atoms with van der Waals surface area (Å²) in [6, 6.07) is 12.2. The van der Waals surface area contributed by atoms with Crippen molar-refractivity contribution in [3.8, 4) is 0 Å². The predicted octanol–water partition coefficient (Wildman–Crippen LogP) is 5.06. The molecule has 41 heavy (non-hydrogen) atoms. The molecule has 5 rings (SSSR count). The summed E-state index contributed by atoms with van der Waals surface area (Å²) >= 11 is 6.49. The van der Waals surface area contributed by atoms with Crippen molar-refractivity contribution < 1.29 is 28.2 Å². The van der Waals surface area contributed by atoms with E-state index in [0.717, 1.165) is 18.4 Å². The fraction of sp³-hybridized carbons (Fsp3) is 0.467. The van der Waals surface area contributed by atoms with Crippen LogP contribution in [0.3, 0.4) is 0 Å². The number of Topliss-reactive ketones (excluding diaryl/α,β-unsaturated/α-hetero) is 1. The summed E-state index contributed by atoms with van der Waals surface area (Å²) in [6.07, 6.45) is 2.85. The summed E-state index contributed by atoms with van der Waals surface area (Å²) in [5, 5.41) is 8.05. The van der Waals surface area contributed by atoms with Gasteiger partial charge in [-0.05, 0) is 62.3 Å². The Bertz CT molecular complexity index is 1450. The lowest BCUT2D eigenvalue weighted by Crippen LogP contribution is -2.54. The second-order valence-electron chi connectivity index (χ2n) is 10.7. The normalized spacial score (nSPS) is 21.0. The van der Waals surface area contributed by atoms with Crippen molar-refractivity contribution in [3.63, 3.8) is 0 Å². The number of ether oxygens (including phenoxy) is 2. The Morgan fingerprint density at radius 3 is 2.49 bits per heavy atom. The number of hydrogen-bond donors (Lipinski definition) is 1. The van der Waals surface area contributed by atoms with Gasteiger partial charge in [0.25, 0.3) is 5.91 Å². The number of esters is 1. The van der Waals surface area contributed by atoms with Crippen LogP contribution in [0.1, 0.15) is 54.6 Å². The van der Waals surface area contributed by atoms with Gasteiger partial charge >= 0.3 is 11.9 Å². The second-order valence-corrected chi connectivity index (χ2v) is 11.1. The predicted molar refractivity (Wildman–Crippen MR) is 152 cm³/mol. The molecule has 1 amide bonds. The number of hydrogen-bond acceptors (Lipinski definition) is 7. The number of aryl methyl sites for hydroxylation is 1. The van der Waals surface area contributed by atoms with Crippen LogP contribution in [0.5, 0.6) is 0 Å². The van der Waals surface area contributed by atoms with E-state index < -0.39 is 23.8 Å². The van der Waals surface area contributed by atoms with Gasteiger partial charge in [0.1, 0.15) is 0 Å². The van der Waals surface area contributed by atoms with Gasteiger partial charge in [-0.2, -0.15) is 9.49 Å². The van der Waals surface area contributed by atoms with Gasteiger partial charge in [-0.3, -0.25) is 19.1 Å². The minimum Gasteiger partial charge on any atom is -0.469 e. The zero-order chi connectivity index (χ0) is 29.1. The molecule has 3 aromatic rings. The molecule has 1 saturated heterocycles. The maximum atomic E-state index is 16.5. The number of benzene rings is 2. The monoisotopic (exact) mass is 584 g/mol. The SMILES string of the molecule is COC(=O)[C@H]1CC[C@H](OC(F)(C(=O)Cc2ccc(NC(=O)c3nn(C)c4ccccc34)c(Cl)c2)N2CCCC2)CC1. The zero-order valence-corrected chi connectivity index (χ0v) is 24.0. The van der Waals surface area contributed by atoms with Crippen LogP contribution in [0.15, 0.2) is 42.5 Å². The van der Waals surface area contributed by atoms with Gasteiger partial charge in [-0.15, -0.1) is 0 Å². The minimum absolute atomic E-state index is 0.219. The maximum absolute atomic E-state index is 16.5. The summed E-state index contributed by atoms with van der Waals surface area (Å²) in [5.74, 6) is -4.19. The minimum atomic E-state index is -2.57. The zero-order valence-electron chi connectivity index (χ0n) is 23.2. The third kappa shape index (κ3) is 6.14. The molecule has 9 nitrogen and oxygen atoms in total. The first-order valence-corrected chi connectivity index (χ1v) is 14.3. The Kier molecular flexibility index (Phi) is 8.72. The molecule has 2 aliphatic rings. The molecule has 1 saturated carbocycles. The first-order valence-electron chi connectivity index (χ1n) is 13.9. The van der Waals surface area contributed by atoms with E-state index in [4.69, 9.17) is 21.1 Å². The van der Waals surface area contributed by atoms with Crippen molar-refractivity contribution in [1.29, 1.82) is 0 Å². The van der Waals surface area contributed by atoms with Crippen LogP contribution in [-0.4, -0.2) is 64.6 Å². The van der Waals surface area contributed by atoms with Crippen LogP contribution >= 0.6 is 11.6 Å². The molecule has 1 N–H and O–H groups in total. The van der Waals surface area contributed by atoms with Gasteiger partial charge in [0.2, 0.25) is 5.78 Å². The molecule has 1 aliphatic carbocycles. The van der Waals surface area contributed by atoms with Crippen LogP contribution in [0.4, 0.5) is 10.1 Å². The highest BCUT2D eigenvalue weighted by Crippen LogP contribution is 2.35. The van der Waals surface area contributed by atoms with Crippen molar-refractivity contribution >= 4 is 45.9 Å². The van der Waals surface area contributed by atoms with Crippen molar-refractivity contribution in [3.05, 3.63) is 58.7 Å². The Hall–Kier alpha value is -3.34. The van der Waals surface area contributed by atoms with Gasteiger partial charge in [-0.1, -0.05) is 35.9 Å². The Balaban J connectivity index is 1.27. The lowest BCUT2D eigenvalue weighted by atomic mass is 9.87. The quantitative estimate of drug-likeness (QED) is 0.277. The average molecular weight is 585 g/mol. The van der Waals surface area contributed by atoms with E-state index in [9.17, 15) is 14.4 Å². The number of aromatic nitrogens is 2. The number of nitrogens with one attached hydrogen (secondary N) is 1. The van der Waals surface area contributed by atoms with E-state index in [-0.39, 0.29) is 29.0 Å². The summed E-state index contributed by atoms with van der Waals surface area (Å²) in [5.41, 5.74) is 1.95. The third-order valence-corrected chi connectivity index (χ3v) is 8.32. The standard InChI is InChI=1S/C30H34ClFN4O5/c1-35-25-8-4-3-7-22(25)27(34-35)28(38)33-24-14-9-19(17-23(24)31)18-26(37)30(32,36-15-5-6-16-36)41-21-12-10-20(11-13-21)29(39)40-2/h3-4,7-9,14,17,20-21H,5-6,10-13,15-16,18H2,1-2H3,(H,33,38)/t20-,21-,30?. The van der Waals surface area contributed by atoms with E-state index in [1.165, 1.54) is 12.0 Å². The molecular weight excluding hydrogens is 551 g/mol. The van der Waals surface area contributed by atoms with Crippen LogP contribution in [0, 0.1) is 5.92 Å². The van der Waals surface area contributed by atoms with Crippen molar-refractivity contribution in [2.75, 3.05) is 25.5 Å². The molecular formula is C30H34ClFN4O5. The van der Waals surface area contributed by atoms with Gasteiger partial charge < -0.3 is 14.8 Å². The van der Waals surface area contributed by atoms with E-state index >= 15 is 4.39 Å². The molecule has 0 bridgehead atoms. The highest BCUT2D eigenvalue weighted by molar-refractivity contribution is 6.34. The highest BCUT2D eigenvalue weighted by atomic mass is 35.5. The summed E-state index contributed by atoms with van der Waals surface area (Å²) in [6.45, 7) is 0.849. The number of carbonyl (C=O) groups is 3. The number of para-hydroxylation sites is 1. The fourth-order valence-corrected chi connectivity index (χ4v) is 6.00. The number of alkyl halides is 1. The lowest BCUT2D eigenvalue weighted by Gasteiger charge is -2.37. The van der Waals surface area contributed by atoms with Crippen LogP contribution in [0.2, 0.25) is 5.02 Å². The van der Waals surface area contributed by atoms with Crippen molar-refractivity contribution in [2.45, 2.75) is 57.0 Å². The topological polar surface area (TPSA) is 103 Å². The second kappa shape index (κ2) is 12.3. The number of halogens is 2. The number of ketones is 1. The number of rotatable bonds is 9.